The summed E-state index contributed by atoms with van der Waals surface area (Å²) in [6, 6.07) is 8.03. The quantitative estimate of drug-likeness (QED) is 0.686. The lowest BCUT2D eigenvalue weighted by atomic mass is 10.1. The summed E-state index contributed by atoms with van der Waals surface area (Å²) < 4.78 is 13.0. The molecule has 0 bridgehead atoms. The molecular formula is C25H32N2O4. The second kappa shape index (κ2) is 9.27. The first-order valence-corrected chi connectivity index (χ1v) is 11.3. The van der Waals surface area contributed by atoms with E-state index in [1.54, 1.807) is 4.57 Å². The van der Waals surface area contributed by atoms with E-state index < -0.39 is 5.97 Å². The van der Waals surface area contributed by atoms with Gasteiger partial charge in [-0.2, -0.15) is 0 Å². The lowest BCUT2D eigenvalue weighted by Gasteiger charge is -2.20. The first-order valence-electron chi connectivity index (χ1n) is 11.3. The molecule has 1 aliphatic heterocycles. The summed E-state index contributed by atoms with van der Waals surface area (Å²) >= 11 is 0. The Labute approximate surface area is 183 Å². The van der Waals surface area contributed by atoms with E-state index in [1.807, 2.05) is 0 Å². The molecule has 0 N–H and O–H groups in total. The summed E-state index contributed by atoms with van der Waals surface area (Å²) in [7, 11) is 1.38. The van der Waals surface area contributed by atoms with Crippen LogP contribution < -0.4 is 10.3 Å². The maximum absolute atomic E-state index is 12.9. The highest BCUT2D eigenvalue weighted by Gasteiger charge is 2.28. The molecule has 1 aliphatic carbocycles. The van der Waals surface area contributed by atoms with Crippen LogP contribution in [0.15, 0.2) is 29.1 Å². The Morgan fingerprint density at radius 2 is 1.84 bits per heavy atom. The highest BCUT2D eigenvalue weighted by atomic mass is 16.5. The summed E-state index contributed by atoms with van der Waals surface area (Å²) in [4.78, 5) is 28.0. The van der Waals surface area contributed by atoms with Crippen LogP contribution in [0.1, 0.15) is 58.4 Å². The maximum atomic E-state index is 12.9. The summed E-state index contributed by atoms with van der Waals surface area (Å²) in [5, 5.41) is 0. The number of fused-ring (bicyclic) bond motifs is 1. The van der Waals surface area contributed by atoms with Crippen molar-refractivity contribution in [2.45, 2.75) is 65.1 Å². The van der Waals surface area contributed by atoms with Crippen molar-refractivity contribution in [3.05, 3.63) is 62.6 Å². The van der Waals surface area contributed by atoms with E-state index in [9.17, 15) is 9.59 Å². The minimum absolute atomic E-state index is 0.0675. The molecule has 2 heterocycles. The van der Waals surface area contributed by atoms with Gasteiger partial charge in [0.25, 0.3) is 5.56 Å². The fraction of sp³-hybridized carbons (Fsp3) is 0.520. The van der Waals surface area contributed by atoms with Gasteiger partial charge in [-0.25, -0.2) is 4.79 Å². The van der Waals surface area contributed by atoms with Gasteiger partial charge in [0, 0.05) is 44.4 Å². The Hall–Kier alpha value is -2.60. The molecule has 0 amide bonds. The van der Waals surface area contributed by atoms with Crippen molar-refractivity contribution in [2.24, 2.45) is 0 Å². The summed E-state index contributed by atoms with van der Waals surface area (Å²) in [6.45, 7) is 7.14. The number of nitrogens with zero attached hydrogens (tertiary/aromatic N) is 2. The van der Waals surface area contributed by atoms with Gasteiger partial charge in [0.15, 0.2) is 0 Å². The second-order valence-electron chi connectivity index (χ2n) is 8.78. The van der Waals surface area contributed by atoms with Crippen LogP contribution in [0.5, 0.6) is 5.75 Å². The van der Waals surface area contributed by atoms with Gasteiger partial charge < -0.3 is 14.0 Å². The molecular weight excluding hydrogens is 392 g/mol. The molecule has 1 aromatic carbocycles. The van der Waals surface area contributed by atoms with E-state index in [4.69, 9.17) is 9.47 Å². The van der Waals surface area contributed by atoms with Gasteiger partial charge in [-0.3, -0.25) is 9.69 Å². The highest BCUT2D eigenvalue weighted by molar-refractivity contribution is 5.93. The van der Waals surface area contributed by atoms with Crippen LogP contribution in [0.3, 0.4) is 0 Å². The van der Waals surface area contributed by atoms with Crippen LogP contribution in [-0.2, 0) is 24.2 Å². The number of methoxy groups -OCH3 is 1. The third-order valence-corrected chi connectivity index (χ3v) is 6.65. The van der Waals surface area contributed by atoms with Crippen molar-refractivity contribution in [3.63, 3.8) is 0 Å². The average molecular weight is 425 g/mol. The zero-order valence-electron chi connectivity index (χ0n) is 18.8. The Morgan fingerprint density at radius 3 is 2.55 bits per heavy atom. The SMILES string of the molecule is COC(=O)c1c(OC2CCCC2)cc(=O)n2c1CCN(Cc1ccc(C)c(C)c1)CC2. The number of hydrogen-bond acceptors (Lipinski definition) is 5. The van der Waals surface area contributed by atoms with E-state index in [-0.39, 0.29) is 11.7 Å². The predicted molar refractivity (Wildman–Crippen MR) is 120 cm³/mol. The van der Waals surface area contributed by atoms with Crippen LogP contribution in [0.4, 0.5) is 0 Å². The van der Waals surface area contributed by atoms with Crippen molar-refractivity contribution in [2.75, 3.05) is 20.2 Å². The molecule has 0 radical (unpaired) electrons. The van der Waals surface area contributed by atoms with Crippen molar-refractivity contribution < 1.29 is 14.3 Å². The Bertz CT molecular complexity index is 1020. The lowest BCUT2D eigenvalue weighted by molar-refractivity contribution is 0.0590. The topological polar surface area (TPSA) is 60.8 Å². The number of aromatic nitrogens is 1. The predicted octanol–water partition coefficient (Wildman–Crippen LogP) is 3.63. The number of carbonyl (C=O) groups is 1. The molecule has 1 fully saturated rings. The highest BCUT2D eigenvalue weighted by Crippen LogP contribution is 2.29. The van der Waals surface area contributed by atoms with Gasteiger partial charge in [-0.1, -0.05) is 18.2 Å². The molecule has 4 rings (SSSR count). The van der Waals surface area contributed by atoms with E-state index in [1.165, 1.54) is 29.9 Å². The van der Waals surface area contributed by atoms with Crippen molar-refractivity contribution >= 4 is 5.97 Å². The van der Waals surface area contributed by atoms with Gasteiger partial charge in [0.05, 0.1) is 13.2 Å². The molecule has 0 saturated heterocycles. The molecule has 1 aromatic heterocycles. The summed E-state index contributed by atoms with van der Waals surface area (Å²) in [5.41, 5.74) is 4.88. The molecule has 166 valence electrons. The first kappa shape index (κ1) is 21.6. The van der Waals surface area contributed by atoms with E-state index >= 15 is 0 Å². The molecule has 6 nitrogen and oxygen atoms in total. The second-order valence-corrected chi connectivity index (χ2v) is 8.78. The molecule has 2 aromatic rings. The van der Waals surface area contributed by atoms with Crippen LogP contribution in [0, 0.1) is 13.8 Å². The smallest absolute Gasteiger partial charge is 0.343 e. The molecule has 6 heteroatoms. The van der Waals surface area contributed by atoms with Gasteiger partial charge in [-0.05, 0) is 56.2 Å². The standard InChI is InChI=1S/C25H32N2O4/c1-17-8-9-19(14-18(17)2)16-26-11-10-21-24(25(29)30-3)22(31-20-6-4-5-7-20)15-23(28)27(21)13-12-26/h8-9,14-15,20H,4-7,10-13,16H2,1-3H3. The van der Waals surface area contributed by atoms with E-state index in [0.717, 1.165) is 51.0 Å². The zero-order valence-corrected chi connectivity index (χ0v) is 18.8. The molecule has 31 heavy (non-hydrogen) atoms. The largest absolute Gasteiger partial charge is 0.489 e. The van der Waals surface area contributed by atoms with Crippen LogP contribution in [0.25, 0.3) is 0 Å². The molecule has 0 atom stereocenters. The van der Waals surface area contributed by atoms with Crippen molar-refractivity contribution in [1.29, 1.82) is 0 Å². The Morgan fingerprint density at radius 1 is 1.06 bits per heavy atom. The minimum Gasteiger partial charge on any atom is -0.489 e. The lowest BCUT2D eigenvalue weighted by Crippen LogP contribution is -2.29. The Kier molecular flexibility index (Phi) is 6.46. The van der Waals surface area contributed by atoms with Gasteiger partial charge in [-0.15, -0.1) is 0 Å². The fourth-order valence-corrected chi connectivity index (χ4v) is 4.71. The van der Waals surface area contributed by atoms with Gasteiger partial charge in [0.1, 0.15) is 11.3 Å². The van der Waals surface area contributed by atoms with Crippen LogP contribution in [0.2, 0.25) is 0 Å². The van der Waals surface area contributed by atoms with E-state index in [2.05, 4.69) is 36.9 Å². The number of carbonyl (C=O) groups excluding carboxylic acids is 1. The Balaban J connectivity index is 1.61. The summed E-state index contributed by atoms with van der Waals surface area (Å²) in [6.07, 6.45) is 4.83. The fourth-order valence-electron chi connectivity index (χ4n) is 4.71. The van der Waals surface area contributed by atoms with Crippen molar-refractivity contribution in [1.82, 2.24) is 9.47 Å². The molecule has 1 saturated carbocycles. The third-order valence-electron chi connectivity index (χ3n) is 6.65. The number of hydrogen-bond donors (Lipinski definition) is 0. The van der Waals surface area contributed by atoms with Crippen LogP contribution in [-0.4, -0.2) is 41.7 Å². The molecule has 2 aliphatic rings. The number of rotatable bonds is 5. The maximum Gasteiger partial charge on any atom is 0.343 e. The minimum atomic E-state index is -0.431. The summed E-state index contributed by atoms with van der Waals surface area (Å²) in [5.74, 6) is -0.0445. The number of benzene rings is 1. The first-order chi connectivity index (χ1) is 15.0. The number of aryl methyl sites for hydroxylation is 2. The zero-order chi connectivity index (χ0) is 22.0. The number of ether oxygens (including phenoxy) is 2. The van der Waals surface area contributed by atoms with Crippen molar-refractivity contribution in [3.8, 4) is 5.75 Å². The van der Waals surface area contributed by atoms with Gasteiger partial charge >= 0.3 is 5.97 Å². The number of pyridine rings is 1. The average Bonchev–Trinajstić information content (AvgIpc) is 3.17. The molecule has 0 spiro atoms. The monoisotopic (exact) mass is 424 g/mol. The van der Waals surface area contributed by atoms with Gasteiger partial charge in [0.2, 0.25) is 0 Å². The number of esters is 1. The molecule has 0 unspecified atom stereocenters. The van der Waals surface area contributed by atoms with Crippen LogP contribution >= 0.6 is 0 Å². The normalized spacial score (nSPS) is 17.3. The van der Waals surface area contributed by atoms with E-state index in [0.29, 0.717) is 24.3 Å². The third kappa shape index (κ3) is 4.69.